The van der Waals surface area contributed by atoms with E-state index in [0.717, 1.165) is 0 Å². The minimum atomic E-state index is -1.54. The van der Waals surface area contributed by atoms with Crippen LogP contribution in [0.5, 0.6) is 0 Å². The smallest absolute Gasteiger partial charge is 0.323 e. The first-order valence-corrected chi connectivity index (χ1v) is 5.33. The Labute approximate surface area is 106 Å². The van der Waals surface area contributed by atoms with E-state index in [1.165, 1.54) is 27.4 Å². The zero-order valence-electron chi connectivity index (χ0n) is 10.9. The number of hydrogen-bond acceptors (Lipinski definition) is 6. The third-order valence-electron chi connectivity index (χ3n) is 2.63. The van der Waals surface area contributed by atoms with Gasteiger partial charge in [-0.25, -0.2) is 0 Å². The van der Waals surface area contributed by atoms with E-state index in [-0.39, 0.29) is 19.3 Å². The van der Waals surface area contributed by atoms with Crippen molar-refractivity contribution in [3.05, 3.63) is 12.7 Å². The summed E-state index contributed by atoms with van der Waals surface area (Å²) in [6.07, 6.45) is 1.30. The molecule has 0 fully saturated rings. The number of allylic oxidation sites excluding steroid dienone is 1. The predicted octanol–water partition coefficient (Wildman–Crippen LogP) is 0.848. The van der Waals surface area contributed by atoms with Gasteiger partial charge < -0.3 is 14.2 Å². The molecule has 0 rings (SSSR count). The molecule has 0 heterocycles. The molecule has 6 heteroatoms. The molecular formula is C12H18O6. The van der Waals surface area contributed by atoms with Gasteiger partial charge in [0.05, 0.1) is 21.3 Å². The zero-order valence-corrected chi connectivity index (χ0v) is 10.9. The Bertz CT molecular complexity index is 317. The Morgan fingerprint density at radius 1 is 1.06 bits per heavy atom. The lowest BCUT2D eigenvalue weighted by Crippen LogP contribution is -2.41. The Kier molecular flexibility index (Phi) is 6.70. The second-order valence-electron chi connectivity index (χ2n) is 3.63. The van der Waals surface area contributed by atoms with E-state index in [1.54, 1.807) is 0 Å². The molecule has 0 bridgehead atoms. The van der Waals surface area contributed by atoms with Gasteiger partial charge in [-0.2, -0.15) is 0 Å². The molecule has 0 saturated heterocycles. The van der Waals surface area contributed by atoms with Crippen LogP contribution < -0.4 is 0 Å². The van der Waals surface area contributed by atoms with Gasteiger partial charge in [-0.15, -0.1) is 6.58 Å². The highest BCUT2D eigenvalue weighted by Gasteiger charge is 2.47. The van der Waals surface area contributed by atoms with Gasteiger partial charge in [0.25, 0.3) is 0 Å². The Morgan fingerprint density at radius 2 is 1.56 bits per heavy atom. The van der Waals surface area contributed by atoms with E-state index in [9.17, 15) is 14.4 Å². The van der Waals surface area contributed by atoms with Crippen LogP contribution in [-0.2, 0) is 28.6 Å². The Hall–Kier alpha value is -1.85. The van der Waals surface area contributed by atoms with Crippen molar-refractivity contribution < 1.29 is 28.6 Å². The molecule has 0 unspecified atom stereocenters. The number of carbonyl (C=O) groups excluding carboxylic acids is 3. The topological polar surface area (TPSA) is 78.9 Å². The molecule has 0 aromatic rings. The fourth-order valence-electron chi connectivity index (χ4n) is 1.61. The maximum absolute atomic E-state index is 11.8. The SMILES string of the molecule is C=CCC(CCC(=O)OC)(C(=O)OC)C(=O)OC. The summed E-state index contributed by atoms with van der Waals surface area (Å²) in [5.74, 6) is -2.02. The van der Waals surface area contributed by atoms with E-state index in [2.05, 4.69) is 20.8 Å². The first-order chi connectivity index (χ1) is 8.48. The van der Waals surface area contributed by atoms with Crippen molar-refractivity contribution in [2.45, 2.75) is 19.3 Å². The highest BCUT2D eigenvalue weighted by Crippen LogP contribution is 2.32. The average molecular weight is 258 g/mol. The molecule has 0 amide bonds. The molecule has 0 spiro atoms. The van der Waals surface area contributed by atoms with Gasteiger partial charge in [0.2, 0.25) is 0 Å². The van der Waals surface area contributed by atoms with Gasteiger partial charge >= 0.3 is 17.9 Å². The molecule has 0 aliphatic rings. The van der Waals surface area contributed by atoms with Gasteiger partial charge in [-0.3, -0.25) is 14.4 Å². The maximum Gasteiger partial charge on any atom is 0.323 e. The van der Waals surface area contributed by atoms with Gasteiger partial charge in [0, 0.05) is 6.42 Å². The first kappa shape index (κ1) is 16.1. The largest absolute Gasteiger partial charge is 0.469 e. The molecule has 0 aromatic heterocycles. The van der Waals surface area contributed by atoms with Gasteiger partial charge in [-0.05, 0) is 12.8 Å². The summed E-state index contributed by atoms with van der Waals surface area (Å²) in [5.41, 5.74) is -1.54. The van der Waals surface area contributed by atoms with Crippen LogP contribution in [0.1, 0.15) is 19.3 Å². The summed E-state index contributed by atoms with van der Waals surface area (Å²) in [4.78, 5) is 34.7. The predicted molar refractivity (Wildman–Crippen MR) is 62.5 cm³/mol. The van der Waals surface area contributed by atoms with E-state index >= 15 is 0 Å². The van der Waals surface area contributed by atoms with Crippen molar-refractivity contribution in [2.24, 2.45) is 5.41 Å². The number of hydrogen-bond donors (Lipinski definition) is 0. The van der Waals surface area contributed by atoms with Gasteiger partial charge in [-0.1, -0.05) is 6.08 Å². The number of esters is 3. The van der Waals surface area contributed by atoms with Crippen LogP contribution in [0.25, 0.3) is 0 Å². The molecule has 0 aliphatic carbocycles. The van der Waals surface area contributed by atoms with Crippen LogP contribution in [0.4, 0.5) is 0 Å². The number of carbonyl (C=O) groups is 3. The van der Waals surface area contributed by atoms with Crippen molar-refractivity contribution >= 4 is 17.9 Å². The maximum atomic E-state index is 11.8. The monoisotopic (exact) mass is 258 g/mol. The minimum absolute atomic E-state index is 0.0311. The molecule has 102 valence electrons. The van der Waals surface area contributed by atoms with Crippen molar-refractivity contribution in [3.8, 4) is 0 Å². The van der Waals surface area contributed by atoms with Crippen LogP contribution in [0.2, 0.25) is 0 Å². The fourth-order valence-corrected chi connectivity index (χ4v) is 1.61. The zero-order chi connectivity index (χ0) is 14.2. The molecule has 18 heavy (non-hydrogen) atoms. The average Bonchev–Trinajstić information content (AvgIpc) is 2.41. The second-order valence-corrected chi connectivity index (χ2v) is 3.63. The summed E-state index contributed by atoms with van der Waals surface area (Å²) in [7, 11) is 3.57. The van der Waals surface area contributed by atoms with E-state index in [1.807, 2.05) is 0 Å². The van der Waals surface area contributed by atoms with Crippen LogP contribution in [0.3, 0.4) is 0 Å². The van der Waals surface area contributed by atoms with E-state index in [4.69, 9.17) is 0 Å². The summed E-state index contributed by atoms with van der Waals surface area (Å²) in [5, 5.41) is 0. The van der Waals surface area contributed by atoms with E-state index in [0.29, 0.717) is 0 Å². The molecule has 0 radical (unpaired) electrons. The molecule has 6 nitrogen and oxygen atoms in total. The molecule has 0 aliphatic heterocycles. The minimum Gasteiger partial charge on any atom is -0.469 e. The normalized spacial score (nSPS) is 10.4. The van der Waals surface area contributed by atoms with Crippen molar-refractivity contribution in [1.82, 2.24) is 0 Å². The lowest BCUT2D eigenvalue weighted by molar-refractivity contribution is -0.170. The van der Waals surface area contributed by atoms with Crippen molar-refractivity contribution in [3.63, 3.8) is 0 Å². The fraction of sp³-hybridized carbons (Fsp3) is 0.583. The van der Waals surface area contributed by atoms with E-state index < -0.39 is 23.3 Å². The van der Waals surface area contributed by atoms with Crippen LogP contribution in [0, 0.1) is 5.41 Å². The quantitative estimate of drug-likeness (QED) is 0.291. The number of rotatable bonds is 7. The summed E-state index contributed by atoms with van der Waals surface area (Å²) in [6, 6.07) is 0. The highest BCUT2D eigenvalue weighted by molar-refractivity contribution is 6.00. The van der Waals surface area contributed by atoms with Gasteiger partial charge in [0.15, 0.2) is 5.41 Å². The number of ether oxygens (including phenoxy) is 3. The molecule has 0 N–H and O–H groups in total. The summed E-state index contributed by atoms with van der Waals surface area (Å²) >= 11 is 0. The third kappa shape index (κ3) is 3.58. The lowest BCUT2D eigenvalue weighted by Gasteiger charge is -2.26. The molecule has 0 saturated carbocycles. The summed E-state index contributed by atoms with van der Waals surface area (Å²) in [6.45, 7) is 3.49. The number of methoxy groups -OCH3 is 3. The van der Waals surface area contributed by atoms with Crippen molar-refractivity contribution in [1.29, 1.82) is 0 Å². The third-order valence-corrected chi connectivity index (χ3v) is 2.63. The van der Waals surface area contributed by atoms with Gasteiger partial charge in [0.1, 0.15) is 0 Å². The van der Waals surface area contributed by atoms with Crippen LogP contribution in [-0.4, -0.2) is 39.2 Å². The van der Waals surface area contributed by atoms with Crippen molar-refractivity contribution in [2.75, 3.05) is 21.3 Å². The highest BCUT2D eigenvalue weighted by atomic mass is 16.5. The first-order valence-electron chi connectivity index (χ1n) is 5.33. The molecule has 0 aromatic carbocycles. The summed E-state index contributed by atoms with van der Waals surface area (Å²) < 4.78 is 13.7. The molecular weight excluding hydrogens is 240 g/mol. The lowest BCUT2D eigenvalue weighted by atomic mass is 9.80. The van der Waals surface area contributed by atoms with Crippen LogP contribution >= 0.6 is 0 Å². The Balaban J connectivity index is 5.19. The molecule has 0 atom stereocenters. The standard InChI is InChI=1S/C12H18O6/c1-5-7-12(10(14)17-3,11(15)18-4)8-6-9(13)16-2/h5H,1,6-8H2,2-4H3. The Morgan fingerprint density at radius 3 is 1.89 bits per heavy atom. The second kappa shape index (κ2) is 7.47. The van der Waals surface area contributed by atoms with Crippen LogP contribution in [0.15, 0.2) is 12.7 Å².